The number of phenolic OH excluding ortho intramolecular Hbond substituents is 1. The molecule has 0 atom stereocenters. The lowest BCUT2D eigenvalue weighted by Gasteiger charge is -2.23. The Balaban J connectivity index is 2.42. The van der Waals surface area contributed by atoms with Gasteiger partial charge in [0.25, 0.3) is 5.91 Å². The predicted molar refractivity (Wildman–Crippen MR) is 76.6 cm³/mol. The second kappa shape index (κ2) is 5.74. The zero-order chi connectivity index (χ0) is 14.7. The van der Waals surface area contributed by atoms with E-state index in [9.17, 15) is 14.3 Å². The summed E-state index contributed by atoms with van der Waals surface area (Å²) in [5, 5.41) is 9.73. The van der Waals surface area contributed by atoms with Gasteiger partial charge in [0, 0.05) is 18.3 Å². The van der Waals surface area contributed by atoms with Crippen molar-refractivity contribution in [1.29, 1.82) is 0 Å². The average Bonchev–Trinajstić information content (AvgIpc) is 2.41. The van der Waals surface area contributed by atoms with Crippen LogP contribution in [0.25, 0.3) is 0 Å². The number of phenols is 1. The second-order valence-electron chi connectivity index (χ2n) is 4.50. The van der Waals surface area contributed by atoms with Crippen LogP contribution >= 0.6 is 0 Å². The largest absolute Gasteiger partial charge is 0.507 e. The van der Waals surface area contributed by atoms with E-state index in [2.05, 4.69) is 0 Å². The molecule has 0 bridgehead atoms. The molecule has 20 heavy (non-hydrogen) atoms. The van der Waals surface area contributed by atoms with Gasteiger partial charge in [-0.15, -0.1) is 0 Å². The molecule has 0 heterocycles. The van der Waals surface area contributed by atoms with Gasteiger partial charge in [0.05, 0.1) is 5.56 Å². The van der Waals surface area contributed by atoms with Gasteiger partial charge in [0.1, 0.15) is 11.6 Å². The molecule has 3 nitrogen and oxygen atoms in total. The summed E-state index contributed by atoms with van der Waals surface area (Å²) in [5.74, 6) is -1.26. The number of anilines is 1. The number of hydrogen-bond acceptors (Lipinski definition) is 2. The summed E-state index contributed by atoms with van der Waals surface area (Å²) >= 11 is 0. The van der Waals surface area contributed by atoms with Crippen molar-refractivity contribution in [2.45, 2.75) is 13.8 Å². The molecule has 0 aliphatic carbocycles. The SMILES string of the molecule is CCN(C(=O)c1ccc(F)cc1O)c1ccccc1C. The van der Waals surface area contributed by atoms with Crippen LogP contribution in [-0.4, -0.2) is 17.6 Å². The van der Waals surface area contributed by atoms with Gasteiger partial charge >= 0.3 is 0 Å². The van der Waals surface area contributed by atoms with Crippen LogP contribution in [0.5, 0.6) is 5.75 Å². The number of carbonyl (C=O) groups excluding carboxylic acids is 1. The standard InChI is InChI=1S/C16H16FNO2/c1-3-18(14-7-5-4-6-11(14)2)16(20)13-9-8-12(17)10-15(13)19/h4-10,19H,3H2,1-2H3. The van der Waals surface area contributed by atoms with Gasteiger partial charge in [-0.2, -0.15) is 0 Å². The number of aryl methyl sites for hydroxylation is 1. The Labute approximate surface area is 117 Å². The van der Waals surface area contributed by atoms with E-state index in [0.29, 0.717) is 6.54 Å². The Morgan fingerprint density at radius 3 is 2.55 bits per heavy atom. The van der Waals surface area contributed by atoms with Crippen molar-refractivity contribution in [3.63, 3.8) is 0 Å². The van der Waals surface area contributed by atoms with E-state index in [4.69, 9.17) is 0 Å². The number of amides is 1. The molecule has 2 aromatic carbocycles. The average molecular weight is 273 g/mol. The third kappa shape index (κ3) is 2.64. The summed E-state index contributed by atoms with van der Waals surface area (Å²) in [4.78, 5) is 14.1. The minimum atomic E-state index is -0.571. The Morgan fingerprint density at radius 1 is 1.25 bits per heavy atom. The fourth-order valence-electron chi connectivity index (χ4n) is 2.12. The van der Waals surface area contributed by atoms with E-state index in [1.165, 1.54) is 12.1 Å². The summed E-state index contributed by atoms with van der Waals surface area (Å²) in [6.07, 6.45) is 0. The molecule has 0 saturated heterocycles. The number of hydrogen-bond donors (Lipinski definition) is 1. The van der Waals surface area contributed by atoms with Gasteiger partial charge in [-0.05, 0) is 37.6 Å². The molecule has 4 heteroatoms. The first-order valence-electron chi connectivity index (χ1n) is 6.40. The van der Waals surface area contributed by atoms with Crippen molar-refractivity contribution < 1.29 is 14.3 Å². The van der Waals surface area contributed by atoms with Gasteiger partial charge in [-0.3, -0.25) is 4.79 Å². The Hall–Kier alpha value is -2.36. The molecule has 0 saturated carbocycles. The van der Waals surface area contributed by atoms with Gasteiger partial charge in [-0.25, -0.2) is 4.39 Å². The number of benzene rings is 2. The molecule has 1 amide bonds. The Kier molecular flexibility index (Phi) is 4.03. The summed E-state index contributed by atoms with van der Waals surface area (Å²) in [7, 11) is 0. The number of para-hydroxylation sites is 1. The van der Waals surface area contributed by atoms with Gasteiger partial charge in [0.2, 0.25) is 0 Å². The predicted octanol–water partition coefficient (Wildman–Crippen LogP) is 3.51. The first kappa shape index (κ1) is 14.1. The van der Waals surface area contributed by atoms with Crippen molar-refractivity contribution in [2.24, 2.45) is 0 Å². The van der Waals surface area contributed by atoms with Crippen LogP contribution in [0.4, 0.5) is 10.1 Å². The molecular weight excluding hydrogens is 257 g/mol. The van der Waals surface area contributed by atoms with Crippen LogP contribution in [0.3, 0.4) is 0 Å². The first-order valence-corrected chi connectivity index (χ1v) is 6.40. The van der Waals surface area contributed by atoms with E-state index in [1.807, 2.05) is 38.1 Å². The molecule has 104 valence electrons. The van der Waals surface area contributed by atoms with Crippen LogP contribution in [0, 0.1) is 12.7 Å². The summed E-state index contributed by atoms with van der Waals surface area (Å²) in [5.41, 5.74) is 1.84. The molecule has 0 aliphatic heterocycles. The fraction of sp³-hybridized carbons (Fsp3) is 0.188. The monoisotopic (exact) mass is 273 g/mol. The normalized spacial score (nSPS) is 10.3. The maximum absolute atomic E-state index is 13.0. The van der Waals surface area contributed by atoms with E-state index >= 15 is 0 Å². The molecule has 1 N–H and O–H groups in total. The number of rotatable bonds is 3. The van der Waals surface area contributed by atoms with E-state index in [1.54, 1.807) is 4.90 Å². The third-order valence-corrected chi connectivity index (χ3v) is 3.16. The van der Waals surface area contributed by atoms with E-state index in [0.717, 1.165) is 17.3 Å². The molecule has 0 fully saturated rings. The Bertz CT molecular complexity index is 640. The Morgan fingerprint density at radius 2 is 1.95 bits per heavy atom. The second-order valence-corrected chi connectivity index (χ2v) is 4.50. The first-order chi connectivity index (χ1) is 9.54. The lowest BCUT2D eigenvalue weighted by Crippen LogP contribution is -2.31. The van der Waals surface area contributed by atoms with Crippen LogP contribution in [-0.2, 0) is 0 Å². The molecular formula is C16H16FNO2. The molecule has 0 aromatic heterocycles. The number of carbonyl (C=O) groups is 1. The van der Waals surface area contributed by atoms with Crippen molar-refractivity contribution >= 4 is 11.6 Å². The topological polar surface area (TPSA) is 40.5 Å². The fourth-order valence-corrected chi connectivity index (χ4v) is 2.12. The van der Waals surface area contributed by atoms with Crippen molar-refractivity contribution in [3.8, 4) is 5.75 Å². The minimum absolute atomic E-state index is 0.0940. The zero-order valence-corrected chi connectivity index (χ0v) is 11.4. The molecule has 2 rings (SSSR count). The van der Waals surface area contributed by atoms with Gasteiger partial charge in [0.15, 0.2) is 0 Å². The number of halogens is 1. The highest BCUT2D eigenvalue weighted by molar-refractivity contribution is 6.08. The highest BCUT2D eigenvalue weighted by Crippen LogP contribution is 2.25. The van der Waals surface area contributed by atoms with Crippen LogP contribution in [0.2, 0.25) is 0 Å². The smallest absolute Gasteiger partial charge is 0.262 e. The van der Waals surface area contributed by atoms with Crippen molar-refractivity contribution in [1.82, 2.24) is 0 Å². The molecule has 2 aromatic rings. The van der Waals surface area contributed by atoms with Crippen molar-refractivity contribution in [3.05, 3.63) is 59.4 Å². The summed E-state index contributed by atoms with van der Waals surface area (Å²) < 4.78 is 13.0. The van der Waals surface area contributed by atoms with Crippen LogP contribution < -0.4 is 4.90 Å². The lowest BCUT2D eigenvalue weighted by atomic mass is 10.1. The minimum Gasteiger partial charge on any atom is -0.507 e. The van der Waals surface area contributed by atoms with Gasteiger partial charge in [-0.1, -0.05) is 18.2 Å². The van der Waals surface area contributed by atoms with Crippen LogP contribution in [0.15, 0.2) is 42.5 Å². The molecule has 0 radical (unpaired) electrons. The lowest BCUT2D eigenvalue weighted by molar-refractivity contribution is 0.0985. The zero-order valence-electron chi connectivity index (χ0n) is 11.4. The van der Waals surface area contributed by atoms with E-state index in [-0.39, 0.29) is 17.2 Å². The maximum Gasteiger partial charge on any atom is 0.262 e. The third-order valence-electron chi connectivity index (χ3n) is 3.16. The molecule has 0 aliphatic rings. The quantitative estimate of drug-likeness (QED) is 0.929. The summed E-state index contributed by atoms with van der Waals surface area (Å²) in [6, 6.07) is 10.9. The number of nitrogens with zero attached hydrogens (tertiary/aromatic N) is 1. The number of aromatic hydroxyl groups is 1. The van der Waals surface area contributed by atoms with E-state index < -0.39 is 5.82 Å². The molecule has 0 spiro atoms. The maximum atomic E-state index is 13.0. The van der Waals surface area contributed by atoms with Crippen molar-refractivity contribution in [2.75, 3.05) is 11.4 Å². The van der Waals surface area contributed by atoms with Crippen LogP contribution in [0.1, 0.15) is 22.8 Å². The van der Waals surface area contributed by atoms with Gasteiger partial charge < -0.3 is 10.0 Å². The molecule has 0 unspecified atom stereocenters. The highest BCUT2D eigenvalue weighted by atomic mass is 19.1. The highest BCUT2D eigenvalue weighted by Gasteiger charge is 2.20. The summed E-state index contributed by atoms with van der Waals surface area (Å²) in [6.45, 7) is 4.22.